The lowest BCUT2D eigenvalue weighted by molar-refractivity contribution is -0.137. The summed E-state index contributed by atoms with van der Waals surface area (Å²) in [5, 5.41) is 18.6. The van der Waals surface area contributed by atoms with E-state index in [1.165, 1.54) is 6.92 Å². The standard InChI is InChI=1S/C21H39N5O5/c1-12(2)19(29)17(10-23)26-21(31)15(13(3)27)9-18(28)16(6-7-22)25-20(30)14-5-4-8-24-11-14/h12-17,24,27H,4-11,22-23H2,1-3H3,(H,25,30)(H,26,31)/t13?,14-,15-,16-,17-/m0/s1. The number of nitrogens with one attached hydrogen (secondary N) is 3. The zero-order valence-electron chi connectivity index (χ0n) is 18.9. The van der Waals surface area contributed by atoms with Gasteiger partial charge in [-0.3, -0.25) is 19.2 Å². The van der Waals surface area contributed by atoms with Crippen molar-refractivity contribution < 1.29 is 24.3 Å². The van der Waals surface area contributed by atoms with E-state index in [1.807, 2.05) is 0 Å². The first-order chi connectivity index (χ1) is 14.6. The summed E-state index contributed by atoms with van der Waals surface area (Å²) in [7, 11) is 0. The second-order valence-corrected chi connectivity index (χ2v) is 8.55. The van der Waals surface area contributed by atoms with Gasteiger partial charge >= 0.3 is 0 Å². The molecular formula is C21H39N5O5. The number of piperidine rings is 1. The van der Waals surface area contributed by atoms with E-state index in [-0.39, 0.29) is 55.2 Å². The normalized spacial score (nSPS) is 20.4. The summed E-state index contributed by atoms with van der Waals surface area (Å²) in [6, 6.07) is -1.72. The van der Waals surface area contributed by atoms with E-state index in [4.69, 9.17) is 11.5 Å². The Balaban J connectivity index is 2.82. The molecule has 1 rings (SSSR count). The Kier molecular flexibility index (Phi) is 11.8. The van der Waals surface area contributed by atoms with Crippen molar-refractivity contribution in [2.75, 3.05) is 26.2 Å². The van der Waals surface area contributed by atoms with E-state index in [2.05, 4.69) is 16.0 Å². The van der Waals surface area contributed by atoms with Crippen molar-refractivity contribution in [3.8, 4) is 0 Å². The van der Waals surface area contributed by atoms with Crippen molar-refractivity contribution in [3.63, 3.8) is 0 Å². The molecule has 0 radical (unpaired) electrons. The van der Waals surface area contributed by atoms with Gasteiger partial charge in [0.15, 0.2) is 11.6 Å². The Morgan fingerprint density at radius 3 is 2.26 bits per heavy atom. The van der Waals surface area contributed by atoms with Crippen LogP contribution >= 0.6 is 0 Å². The molecule has 1 saturated heterocycles. The van der Waals surface area contributed by atoms with Crippen LogP contribution in [0.4, 0.5) is 0 Å². The minimum atomic E-state index is -1.13. The number of carbonyl (C=O) groups excluding carboxylic acids is 4. The van der Waals surface area contributed by atoms with Gasteiger partial charge in [0.25, 0.3) is 0 Å². The van der Waals surface area contributed by atoms with Gasteiger partial charge in [-0.1, -0.05) is 13.8 Å². The molecule has 0 aromatic carbocycles. The molecule has 1 fully saturated rings. The van der Waals surface area contributed by atoms with Crippen LogP contribution in [0.5, 0.6) is 0 Å². The second kappa shape index (κ2) is 13.5. The fraction of sp³-hybridized carbons (Fsp3) is 0.810. The highest BCUT2D eigenvalue weighted by Gasteiger charge is 2.33. The molecule has 0 aliphatic carbocycles. The number of amides is 2. The molecule has 0 saturated carbocycles. The first-order valence-corrected chi connectivity index (χ1v) is 11.1. The maximum Gasteiger partial charge on any atom is 0.226 e. The third-order valence-electron chi connectivity index (χ3n) is 5.63. The van der Waals surface area contributed by atoms with Crippen LogP contribution in [-0.2, 0) is 19.2 Å². The van der Waals surface area contributed by atoms with Gasteiger partial charge in [0, 0.05) is 25.4 Å². The summed E-state index contributed by atoms with van der Waals surface area (Å²) in [6.07, 6.45) is 0.440. The third-order valence-corrected chi connectivity index (χ3v) is 5.63. The minimum Gasteiger partial charge on any atom is -0.393 e. The molecule has 1 heterocycles. The molecule has 0 aromatic heterocycles. The molecule has 10 heteroatoms. The van der Waals surface area contributed by atoms with Crippen LogP contribution < -0.4 is 27.4 Å². The number of hydrogen-bond donors (Lipinski definition) is 6. The minimum absolute atomic E-state index is 0.0789. The predicted molar refractivity (Wildman–Crippen MR) is 117 cm³/mol. The summed E-state index contributed by atoms with van der Waals surface area (Å²) in [5.74, 6) is -3.06. The molecule has 1 unspecified atom stereocenters. The molecule has 1 aliphatic heterocycles. The van der Waals surface area contributed by atoms with Crippen molar-refractivity contribution in [3.05, 3.63) is 0 Å². The molecule has 2 amide bonds. The van der Waals surface area contributed by atoms with Crippen LogP contribution in [0.15, 0.2) is 0 Å². The fourth-order valence-corrected chi connectivity index (χ4v) is 3.61. The zero-order valence-corrected chi connectivity index (χ0v) is 18.9. The highest BCUT2D eigenvalue weighted by molar-refractivity contribution is 5.95. The van der Waals surface area contributed by atoms with Crippen LogP contribution in [0, 0.1) is 17.8 Å². The first kappa shape index (κ1) is 27.2. The molecule has 178 valence electrons. The van der Waals surface area contributed by atoms with Gasteiger partial charge in [-0.05, 0) is 39.3 Å². The summed E-state index contributed by atoms with van der Waals surface area (Å²) in [5.41, 5.74) is 11.2. The van der Waals surface area contributed by atoms with Gasteiger partial charge in [0.05, 0.1) is 30.0 Å². The van der Waals surface area contributed by atoms with Gasteiger partial charge in [-0.15, -0.1) is 0 Å². The fourth-order valence-electron chi connectivity index (χ4n) is 3.61. The lowest BCUT2D eigenvalue weighted by Crippen LogP contribution is -2.52. The molecule has 10 nitrogen and oxygen atoms in total. The number of Topliss-reactive ketones (excluding diaryl/α,β-unsaturated/α-hetero) is 2. The van der Waals surface area contributed by atoms with Crippen molar-refractivity contribution in [1.29, 1.82) is 0 Å². The number of nitrogens with two attached hydrogens (primary N) is 2. The van der Waals surface area contributed by atoms with E-state index in [0.717, 1.165) is 19.4 Å². The van der Waals surface area contributed by atoms with Gasteiger partial charge in [0.1, 0.15) is 0 Å². The van der Waals surface area contributed by atoms with Crippen LogP contribution in [0.2, 0.25) is 0 Å². The molecule has 5 atom stereocenters. The Labute approximate surface area is 184 Å². The Bertz CT molecular complexity index is 619. The third kappa shape index (κ3) is 8.64. The molecule has 8 N–H and O–H groups in total. The molecule has 31 heavy (non-hydrogen) atoms. The topological polar surface area (TPSA) is 177 Å². The number of carbonyl (C=O) groups is 4. The van der Waals surface area contributed by atoms with Crippen LogP contribution in [0.1, 0.15) is 46.5 Å². The smallest absolute Gasteiger partial charge is 0.226 e. The molecule has 0 aromatic rings. The zero-order chi connectivity index (χ0) is 23.6. The Morgan fingerprint density at radius 2 is 1.77 bits per heavy atom. The van der Waals surface area contributed by atoms with Gasteiger partial charge < -0.3 is 32.5 Å². The molecule has 1 aliphatic rings. The van der Waals surface area contributed by atoms with Crippen molar-refractivity contribution in [2.24, 2.45) is 29.2 Å². The first-order valence-electron chi connectivity index (χ1n) is 11.1. The largest absolute Gasteiger partial charge is 0.393 e. The lowest BCUT2D eigenvalue weighted by Gasteiger charge is -2.27. The van der Waals surface area contributed by atoms with E-state index in [1.54, 1.807) is 13.8 Å². The lowest BCUT2D eigenvalue weighted by atomic mass is 9.91. The number of rotatable bonds is 13. The number of aliphatic hydroxyl groups excluding tert-OH is 1. The van der Waals surface area contributed by atoms with Gasteiger partial charge in [-0.25, -0.2) is 0 Å². The number of hydrogen-bond acceptors (Lipinski definition) is 8. The van der Waals surface area contributed by atoms with Crippen LogP contribution in [-0.4, -0.2) is 72.9 Å². The van der Waals surface area contributed by atoms with E-state index < -0.39 is 30.0 Å². The van der Waals surface area contributed by atoms with Crippen molar-refractivity contribution >= 4 is 23.4 Å². The van der Waals surface area contributed by atoms with E-state index in [9.17, 15) is 24.3 Å². The number of aliphatic hydroxyl groups is 1. The maximum atomic E-state index is 12.9. The highest BCUT2D eigenvalue weighted by Crippen LogP contribution is 2.15. The van der Waals surface area contributed by atoms with Gasteiger partial charge in [0.2, 0.25) is 11.8 Å². The van der Waals surface area contributed by atoms with Crippen LogP contribution in [0.25, 0.3) is 0 Å². The molecular weight excluding hydrogens is 402 g/mol. The summed E-state index contributed by atoms with van der Waals surface area (Å²) < 4.78 is 0. The van der Waals surface area contributed by atoms with Crippen molar-refractivity contribution in [2.45, 2.75) is 64.6 Å². The van der Waals surface area contributed by atoms with Crippen molar-refractivity contribution in [1.82, 2.24) is 16.0 Å². The summed E-state index contributed by atoms with van der Waals surface area (Å²) in [4.78, 5) is 50.4. The highest BCUT2D eigenvalue weighted by atomic mass is 16.3. The van der Waals surface area contributed by atoms with E-state index in [0.29, 0.717) is 6.54 Å². The quantitative estimate of drug-likeness (QED) is 0.199. The SMILES string of the molecule is CC(C)C(=O)[C@H](CN)NC(=O)[C@@H](CC(=O)[C@H](CCN)NC(=O)[C@H]1CCCNC1)C(C)O. The number of ketones is 2. The average molecular weight is 442 g/mol. The summed E-state index contributed by atoms with van der Waals surface area (Å²) >= 11 is 0. The second-order valence-electron chi connectivity index (χ2n) is 8.55. The van der Waals surface area contributed by atoms with Gasteiger partial charge in [-0.2, -0.15) is 0 Å². The molecule has 0 bridgehead atoms. The Morgan fingerprint density at radius 1 is 1.10 bits per heavy atom. The molecule has 0 spiro atoms. The predicted octanol–water partition coefficient (Wildman–Crippen LogP) is -1.56. The summed E-state index contributed by atoms with van der Waals surface area (Å²) in [6.45, 7) is 6.34. The Hall–Kier alpha value is -1.88. The van der Waals surface area contributed by atoms with Crippen LogP contribution in [0.3, 0.4) is 0 Å². The van der Waals surface area contributed by atoms with E-state index >= 15 is 0 Å². The average Bonchev–Trinajstić information content (AvgIpc) is 2.74. The monoisotopic (exact) mass is 441 g/mol. The maximum absolute atomic E-state index is 12.9.